The number of carbonyl (C=O) groups is 2. The lowest BCUT2D eigenvalue weighted by Gasteiger charge is -2.09. The van der Waals surface area contributed by atoms with Crippen LogP contribution >= 0.6 is 0 Å². The number of aromatic nitrogens is 2. The molecule has 0 bridgehead atoms. The van der Waals surface area contributed by atoms with Gasteiger partial charge in [-0.25, -0.2) is 9.97 Å². The molecule has 0 saturated carbocycles. The highest BCUT2D eigenvalue weighted by molar-refractivity contribution is 6.04. The van der Waals surface area contributed by atoms with E-state index in [1.807, 2.05) is 26.0 Å². The number of hydrogen-bond donors (Lipinski definition) is 2. The van der Waals surface area contributed by atoms with Crippen LogP contribution in [-0.2, 0) is 0 Å². The Bertz CT molecular complexity index is 980. The molecular formula is C21H20N4O2. The third-order valence-electron chi connectivity index (χ3n) is 4.09. The first kappa shape index (κ1) is 18.3. The van der Waals surface area contributed by atoms with E-state index in [-0.39, 0.29) is 11.7 Å². The van der Waals surface area contributed by atoms with Crippen molar-refractivity contribution in [3.05, 3.63) is 77.1 Å². The van der Waals surface area contributed by atoms with Gasteiger partial charge in [-0.2, -0.15) is 0 Å². The SMILES string of the molecule is CC(=O)c1ccc(NC(=O)c2cnc(Nc3ccc(C)cc3C)nc2)cc1. The predicted octanol–water partition coefficient (Wildman–Crippen LogP) is 4.29. The van der Waals surface area contributed by atoms with Gasteiger partial charge in [0.2, 0.25) is 5.95 Å². The van der Waals surface area contributed by atoms with Crippen LogP contribution in [0.2, 0.25) is 0 Å². The molecule has 136 valence electrons. The minimum Gasteiger partial charge on any atom is -0.324 e. The molecule has 3 aromatic rings. The van der Waals surface area contributed by atoms with E-state index < -0.39 is 0 Å². The Morgan fingerprint density at radius 1 is 0.889 bits per heavy atom. The molecule has 0 saturated heterocycles. The summed E-state index contributed by atoms with van der Waals surface area (Å²) in [6.45, 7) is 5.54. The highest BCUT2D eigenvalue weighted by Crippen LogP contribution is 2.19. The minimum atomic E-state index is -0.316. The number of aryl methyl sites for hydroxylation is 2. The fourth-order valence-corrected chi connectivity index (χ4v) is 2.58. The van der Waals surface area contributed by atoms with Crippen molar-refractivity contribution in [3.8, 4) is 0 Å². The molecule has 2 aromatic carbocycles. The van der Waals surface area contributed by atoms with Crippen LogP contribution in [0, 0.1) is 13.8 Å². The topological polar surface area (TPSA) is 84.0 Å². The van der Waals surface area contributed by atoms with E-state index in [1.54, 1.807) is 24.3 Å². The van der Waals surface area contributed by atoms with Gasteiger partial charge in [-0.3, -0.25) is 9.59 Å². The number of hydrogen-bond acceptors (Lipinski definition) is 5. The van der Waals surface area contributed by atoms with Crippen LogP contribution in [0.25, 0.3) is 0 Å². The molecule has 1 heterocycles. The van der Waals surface area contributed by atoms with E-state index in [0.29, 0.717) is 22.8 Å². The minimum absolute atomic E-state index is 0.0202. The highest BCUT2D eigenvalue weighted by Gasteiger charge is 2.09. The molecule has 0 unspecified atom stereocenters. The summed E-state index contributed by atoms with van der Waals surface area (Å²) < 4.78 is 0. The normalized spacial score (nSPS) is 10.3. The first-order valence-corrected chi connectivity index (χ1v) is 8.51. The van der Waals surface area contributed by atoms with Gasteiger partial charge in [0.25, 0.3) is 5.91 Å². The fourth-order valence-electron chi connectivity index (χ4n) is 2.58. The zero-order valence-corrected chi connectivity index (χ0v) is 15.4. The predicted molar refractivity (Wildman–Crippen MR) is 106 cm³/mol. The van der Waals surface area contributed by atoms with E-state index in [2.05, 4.69) is 26.7 Å². The Morgan fingerprint density at radius 3 is 2.15 bits per heavy atom. The van der Waals surface area contributed by atoms with E-state index in [1.165, 1.54) is 24.9 Å². The van der Waals surface area contributed by atoms with Crippen molar-refractivity contribution in [1.82, 2.24) is 9.97 Å². The van der Waals surface area contributed by atoms with Gasteiger partial charge >= 0.3 is 0 Å². The molecule has 0 radical (unpaired) electrons. The molecule has 1 aromatic heterocycles. The largest absolute Gasteiger partial charge is 0.324 e. The number of Topliss-reactive ketones (excluding diaryl/α,β-unsaturated/α-hetero) is 1. The summed E-state index contributed by atoms with van der Waals surface area (Å²) in [5.74, 6) is 0.0844. The van der Waals surface area contributed by atoms with Crippen LogP contribution in [0.5, 0.6) is 0 Å². The zero-order chi connectivity index (χ0) is 19.4. The fraction of sp³-hybridized carbons (Fsp3) is 0.143. The summed E-state index contributed by atoms with van der Waals surface area (Å²) in [6.07, 6.45) is 2.94. The molecule has 0 aliphatic heterocycles. The van der Waals surface area contributed by atoms with Crippen molar-refractivity contribution >= 4 is 29.0 Å². The molecule has 0 atom stereocenters. The molecule has 3 rings (SSSR count). The average molecular weight is 360 g/mol. The third-order valence-corrected chi connectivity index (χ3v) is 4.09. The maximum atomic E-state index is 12.3. The summed E-state index contributed by atoms with van der Waals surface area (Å²) in [7, 11) is 0. The van der Waals surface area contributed by atoms with Gasteiger partial charge in [0.15, 0.2) is 5.78 Å². The van der Waals surface area contributed by atoms with Crippen LogP contribution in [0.3, 0.4) is 0 Å². The molecule has 6 heteroatoms. The first-order chi connectivity index (χ1) is 12.9. The van der Waals surface area contributed by atoms with Crippen LogP contribution < -0.4 is 10.6 Å². The Morgan fingerprint density at radius 2 is 1.56 bits per heavy atom. The quantitative estimate of drug-likeness (QED) is 0.663. The Labute approximate surface area is 157 Å². The lowest BCUT2D eigenvalue weighted by atomic mass is 10.1. The summed E-state index contributed by atoms with van der Waals surface area (Å²) in [5.41, 5.74) is 4.73. The van der Waals surface area contributed by atoms with Crippen molar-refractivity contribution in [2.75, 3.05) is 10.6 Å². The van der Waals surface area contributed by atoms with Gasteiger partial charge in [0, 0.05) is 29.3 Å². The van der Waals surface area contributed by atoms with Gasteiger partial charge in [-0.05, 0) is 56.7 Å². The van der Waals surface area contributed by atoms with Crippen LogP contribution in [0.1, 0.15) is 38.8 Å². The Kier molecular flexibility index (Phi) is 5.26. The maximum Gasteiger partial charge on any atom is 0.258 e. The number of benzene rings is 2. The van der Waals surface area contributed by atoms with Crippen LogP contribution in [-0.4, -0.2) is 21.7 Å². The number of rotatable bonds is 5. The lowest BCUT2D eigenvalue weighted by Crippen LogP contribution is -2.13. The Hall–Kier alpha value is -3.54. The molecule has 0 spiro atoms. The zero-order valence-electron chi connectivity index (χ0n) is 15.4. The van der Waals surface area contributed by atoms with Gasteiger partial charge in [-0.15, -0.1) is 0 Å². The second-order valence-electron chi connectivity index (χ2n) is 6.33. The maximum absolute atomic E-state index is 12.3. The van der Waals surface area contributed by atoms with Gasteiger partial charge in [0.05, 0.1) is 5.56 Å². The van der Waals surface area contributed by atoms with Gasteiger partial charge < -0.3 is 10.6 Å². The lowest BCUT2D eigenvalue weighted by molar-refractivity contribution is 0.101. The van der Waals surface area contributed by atoms with E-state index in [9.17, 15) is 9.59 Å². The molecule has 1 amide bonds. The van der Waals surface area contributed by atoms with E-state index >= 15 is 0 Å². The third kappa shape index (κ3) is 4.55. The highest BCUT2D eigenvalue weighted by atomic mass is 16.1. The molecule has 0 aliphatic carbocycles. The van der Waals surface area contributed by atoms with Crippen molar-refractivity contribution in [3.63, 3.8) is 0 Å². The summed E-state index contributed by atoms with van der Waals surface area (Å²) in [5, 5.41) is 5.90. The van der Waals surface area contributed by atoms with Crippen molar-refractivity contribution in [2.24, 2.45) is 0 Å². The summed E-state index contributed by atoms with van der Waals surface area (Å²) in [4.78, 5) is 32.0. The number of nitrogens with zero attached hydrogens (tertiary/aromatic N) is 2. The van der Waals surface area contributed by atoms with Gasteiger partial charge in [0.1, 0.15) is 0 Å². The van der Waals surface area contributed by atoms with Crippen molar-refractivity contribution in [2.45, 2.75) is 20.8 Å². The molecule has 2 N–H and O–H groups in total. The van der Waals surface area contributed by atoms with E-state index in [0.717, 1.165) is 11.3 Å². The second kappa shape index (κ2) is 7.78. The monoisotopic (exact) mass is 360 g/mol. The molecule has 6 nitrogen and oxygen atoms in total. The van der Waals surface area contributed by atoms with Crippen molar-refractivity contribution < 1.29 is 9.59 Å². The van der Waals surface area contributed by atoms with Gasteiger partial charge in [-0.1, -0.05) is 17.7 Å². The first-order valence-electron chi connectivity index (χ1n) is 8.51. The van der Waals surface area contributed by atoms with Crippen LogP contribution in [0.4, 0.5) is 17.3 Å². The summed E-state index contributed by atoms with van der Waals surface area (Å²) in [6, 6.07) is 12.8. The second-order valence-corrected chi connectivity index (χ2v) is 6.33. The molecule has 27 heavy (non-hydrogen) atoms. The van der Waals surface area contributed by atoms with Crippen LogP contribution in [0.15, 0.2) is 54.9 Å². The average Bonchev–Trinajstić information content (AvgIpc) is 2.65. The Balaban J connectivity index is 1.67. The molecular weight excluding hydrogens is 340 g/mol. The standard InChI is InChI=1S/C21H20N4O2/c1-13-4-9-19(14(2)10-13)25-21-22-11-17(12-23-21)20(27)24-18-7-5-16(6-8-18)15(3)26/h4-12H,1-3H3,(H,24,27)(H,22,23,25). The summed E-state index contributed by atoms with van der Waals surface area (Å²) >= 11 is 0. The number of anilines is 3. The number of amides is 1. The van der Waals surface area contributed by atoms with Crippen molar-refractivity contribution in [1.29, 1.82) is 0 Å². The number of nitrogens with one attached hydrogen (secondary N) is 2. The molecule has 0 aliphatic rings. The van der Waals surface area contributed by atoms with E-state index in [4.69, 9.17) is 0 Å². The number of ketones is 1. The smallest absolute Gasteiger partial charge is 0.258 e. The molecule has 0 fully saturated rings. The number of carbonyl (C=O) groups excluding carboxylic acids is 2.